The molecular formula is C24H20N2O4S. The molecule has 156 valence electrons. The highest BCUT2D eigenvalue weighted by molar-refractivity contribution is 8.18. The highest BCUT2D eigenvalue weighted by Gasteiger charge is 2.36. The van der Waals surface area contributed by atoms with Crippen LogP contribution >= 0.6 is 11.8 Å². The molecule has 0 unspecified atom stereocenters. The van der Waals surface area contributed by atoms with Crippen molar-refractivity contribution >= 4 is 51.4 Å². The van der Waals surface area contributed by atoms with Crippen molar-refractivity contribution in [2.24, 2.45) is 0 Å². The van der Waals surface area contributed by atoms with Crippen molar-refractivity contribution in [2.45, 2.75) is 6.92 Å². The van der Waals surface area contributed by atoms with E-state index in [1.807, 2.05) is 49.4 Å². The van der Waals surface area contributed by atoms with Gasteiger partial charge in [-0.3, -0.25) is 19.3 Å². The number of anilines is 1. The molecule has 0 aliphatic carbocycles. The van der Waals surface area contributed by atoms with E-state index in [1.54, 1.807) is 30.3 Å². The fraction of sp³-hybridized carbons (Fsp3) is 0.125. The lowest BCUT2D eigenvalue weighted by Gasteiger charge is -2.12. The summed E-state index contributed by atoms with van der Waals surface area (Å²) >= 11 is 0.843. The average molecular weight is 433 g/mol. The van der Waals surface area contributed by atoms with Crippen LogP contribution in [0.4, 0.5) is 10.5 Å². The smallest absolute Gasteiger partial charge is 0.294 e. The Kier molecular flexibility index (Phi) is 6.04. The summed E-state index contributed by atoms with van der Waals surface area (Å²) in [6.07, 6.45) is 1.71. The Bertz CT molecular complexity index is 1180. The van der Waals surface area contributed by atoms with Gasteiger partial charge >= 0.3 is 0 Å². The van der Waals surface area contributed by atoms with E-state index in [4.69, 9.17) is 4.74 Å². The van der Waals surface area contributed by atoms with Crippen molar-refractivity contribution in [1.29, 1.82) is 0 Å². The number of hydrogen-bond acceptors (Lipinski definition) is 5. The number of thioether (sulfide) groups is 1. The van der Waals surface area contributed by atoms with Crippen LogP contribution in [0.25, 0.3) is 16.8 Å². The highest BCUT2D eigenvalue weighted by Crippen LogP contribution is 2.33. The van der Waals surface area contributed by atoms with Gasteiger partial charge in [-0.25, -0.2) is 0 Å². The Hall–Kier alpha value is -3.58. The fourth-order valence-corrected chi connectivity index (χ4v) is 4.13. The first kappa shape index (κ1) is 20.7. The van der Waals surface area contributed by atoms with Gasteiger partial charge in [0.05, 0.1) is 11.5 Å². The molecule has 0 radical (unpaired) electrons. The molecule has 7 heteroatoms. The monoisotopic (exact) mass is 432 g/mol. The minimum Gasteiger partial charge on any atom is -0.494 e. The third-order valence-electron chi connectivity index (χ3n) is 4.73. The topological polar surface area (TPSA) is 75.7 Å². The number of amides is 3. The number of nitrogens with zero attached hydrogens (tertiary/aromatic N) is 1. The van der Waals surface area contributed by atoms with Gasteiger partial charge in [0.2, 0.25) is 5.91 Å². The van der Waals surface area contributed by atoms with Crippen LogP contribution in [0, 0.1) is 0 Å². The predicted octanol–water partition coefficient (Wildman–Crippen LogP) is 4.91. The molecular weight excluding hydrogens is 412 g/mol. The standard InChI is InChI=1S/C24H20N2O4S/c1-2-30-19-12-10-18(11-13-19)25-22(27)15-26-23(28)21(31-24(26)29)14-17-8-5-7-16-6-3-4-9-20(16)17/h3-14H,2,15H2,1H3,(H,25,27)/b21-14+. The number of ether oxygens (including phenoxy) is 1. The summed E-state index contributed by atoms with van der Waals surface area (Å²) in [5.41, 5.74) is 1.41. The van der Waals surface area contributed by atoms with Gasteiger partial charge in [0, 0.05) is 5.69 Å². The number of nitrogens with one attached hydrogen (secondary N) is 1. The van der Waals surface area contributed by atoms with Crippen LogP contribution in [0.2, 0.25) is 0 Å². The van der Waals surface area contributed by atoms with Crippen molar-refractivity contribution in [3.8, 4) is 5.75 Å². The molecule has 3 amide bonds. The first-order valence-electron chi connectivity index (χ1n) is 9.81. The lowest BCUT2D eigenvalue weighted by molar-refractivity contribution is -0.127. The molecule has 6 nitrogen and oxygen atoms in total. The van der Waals surface area contributed by atoms with Gasteiger partial charge < -0.3 is 10.1 Å². The largest absolute Gasteiger partial charge is 0.494 e. The van der Waals surface area contributed by atoms with E-state index in [9.17, 15) is 14.4 Å². The third-order valence-corrected chi connectivity index (χ3v) is 5.64. The molecule has 3 aromatic rings. The second-order valence-electron chi connectivity index (χ2n) is 6.84. The van der Waals surface area contributed by atoms with Gasteiger partial charge in [0.15, 0.2) is 0 Å². The summed E-state index contributed by atoms with van der Waals surface area (Å²) in [5, 5.41) is 4.28. The maximum absolute atomic E-state index is 12.8. The van der Waals surface area contributed by atoms with E-state index >= 15 is 0 Å². The molecule has 0 aromatic heterocycles. The summed E-state index contributed by atoms with van der Waals surface area (Å²) < 4.78 is 5.37. The first-order chi connectivity index (χ1) is 15.0. The zero-order valence-electron chi connectivity index (χ0n) is 16.8. The molecule has 0 bridgehead atoms. The molecule has 3 aromatic carbocycles. The molecule has 0 saturated carbocycles. The Morgan fingerprint density at radius 1 is 1.03 bits per heavy atom. The summed E-state index contributed by atoms with van der Waals surface area (Å²) in [5.74, 6) is -0.215. The van der Waals surface area contributed by atoms with Gasteiger partial charge in [-0.1, -0.05) is 42.5 Å². The van der Waals surface area contributed by atoms with E-state index in [2.05, 4.69) is 5.32 Å². The molecule has 1 aliphatic heterocycles. The summed E-state index contributed by atoms with van der Waals surface area (Å²) in [4.78, 5) is 38.8. The molecule has 1 heterocycles. The molecule has 4 rings (SSSR count). The van der Waals surface area contributed by atoms with Crippen LogP contribution in [-0.2, 0) is 9.59 Å². The molecule has 0 atom stereocenters. The number of benzene rings is 3. The van der Waals surface area contributed by atoms with Crippen LogP contribution in [0.3, 0.4) is 0 Å². The van der Waals surface area contributed by atoms with E-state index in [0.717, 1.165) is 33.0 Å². The summed E-state index contributed by atoms with van der Waals surface area (Å²) in [7, 11) is 0. The van der Waals surface area contributed by atoms with Gasteiger partial charge in [-0.05, 0) is 65.4 Å². The molecule has 1 fully saturated rings. The van der Waals surface area contributed by atoms with Crippen LogP contribution < -0.4 is 10.1 Å². The van der Waals surface area contributed by atoms with Gasteiger partial charge in [0.1, 0.15) is 12.3 Å². The van der Waals surface area contributed by atoms with Crippen molar-refractivity contribution in [1.82, 2.24) is 4.90 Å². The Morgan fingerprint density at radius 2 is 1.77 bits per heavy atom. The van der Waals surface area contributed by atoms with Crippen molar-refractivity contribution < 1.29 is 19.1 Å². The maximum atomic E-state index is 12.8. The van der Waals surface area contributed by atoms with E-state index in [1.165, 1.54) is 0 Å². The van der Waals surface area contributed by atoms with Gasteiger partial charge in [-0.2, -0.15) is 0 Å². The lowest BCUT2D eigenvalue weighted by Crippen LogP contribution is -2.36. The van der Waals surface area contributed by atoms with Crippen molar-refractivity contribution in [3.05, 3.63) is 77.2 Å². The van der Waals surface area contributed by atoms with Crippen molar-refractivity contribution in [3.63, 3.8) is 0 Å². The molecule has 1 saturated heterocycles. The van der Waals surface area contributed by atoms with E-state index in [0.29, 0.717) is 22.9 Å². The molecule has 1 aliphatic rings. The first-order valence-corrected chi connectivity index (χ1v) is 10.6. The number of fused-ring (bicyclic) bond motifs is 1. The molecule has 0 spiro atoms. The minimum atomic E-state index is -0.468. The molecule has 31 heavy (non-hydrogen) atoms. The second-order valence-corrected chi connectivity index (χ2v) is 7.83. The SMILES string of the molecule is CCOc1ccc(NC(=O)CN2C(=O)S/C(=C/c3cccc4ccccc34)C2=O)cc1. The van der Waals surface area contributed by atoms with Crippen molar-refractivity contribution in [2.75, 3.05) is 18.5 Å². The number of carbonyl (C=O) groups is 3. The fourth-order valence-electron chi connectivity index (χ4n) is 3.30. The number of carbonyl (C=O) groups excluding carboxylic acids is 3. The molecule has 1 N–H and O–H groups in total. The Morgan fingerprint density at radius 3 is 2.55 bits per heavy atom. The number of hydrogen-bond donors (Lipinski definition) is 1. The Balaban J connectivity index is 1.46. The quantitative estimate of drug-likeness (QED) is 0.560. The van der Waals surface area contributed by atoms with Crippen LogP contribution in [0.5, 0.6) is 5.75 Å². The predicted molar refractivity (Wildman–Crippen MR) is 123 cm³/mol. The van der Waals surface area contributed by atoms with Crippen LogP contribution in [0.15, 0.2) is 71.6 Å². The zero-order valence-corrected chi connectivity index (χ0v) is 17.6. The van der Waals surface area contributed by atoms with E-state index in [-0.39, 0.29) is 6.54 Å². The highest BCUT2D eigenvalue weighted by atomic mass is 32.2. The average Bonchev–Trinajstić information content (AvgIpc) is 3.03. The summed E-state index contributed by atoms with van der Waals surface area (Å²) in [6.45, 7) is 2.10. The number of rotatable bonds is 6. The second kappa shape index (κ2) is 9.06. The summed E-state index contributed by atoms with van der Waals surface area (Å²) in [6, 6.07) is 20.5. The van der Waals surface area contributed by atoms with E-state index < -0.39 is 17.1 Å². The van der Waals surface area contributed by atoms with Gasteiger partial charge in [0.25, 0.3) is 11.1 Å². The zero-order chi connectivity index (χ0) is 21.8. The maximum Gasteiger partial charge on any atom is 0.294 e. The normalized spacial score (nSPS) is 15.0. The van der Waals surface area contributed by atoms with Gasteiger partial charge in [-0.15, -0.1) is 0 Å². The number of imide groups is 1. The third kappa shape index (κ3) is 4.62. The van der Waals surface area contributed by atoms with Crippen LogP contribution in [-0.4, -0.2) is 35.1 Å². The Labute approximate surface area is 183 Å². The van der Waals surface area contributed by atoms with Crippen LogP contribution in [0.1, 0.15) is 12.5 Å². The lowest BCUT2D eigenvalue weighted by atomic mass is 10.0. The minimum absolute atomic E-state index is 0.301.